The third-order valence-electron chi connectivity index (χ3n) is 1.83. The minimum Gasteiger partial charge on any atom is -0.312 e. The Morgan fingerprint density at radius 3 is 2.67 bits per heavy atom. The molecule has 12 heavy (non-hydrogen) atoms. The fourth-order valence-electron chi connectivity index (χ4n) is 1.09. The summed E-state index contributed by atoms with van der Waals surface area (Å²) in [4.78, 5) is 33.2. The number of imide groups is 1. The molecule has 1 heterocycles. The molecule has 0 bridgehead atoms. The van der Waals surface area contributed by atoms with E-state index in [1.165, 1.54) is 4.90 Å². The maximum atomic E-state index is 11.0. The lowest BCUT2D eigenvalue weighted by Crippen LogP contribution is -2.33. The maximum absolute atomic E-state index is 11.0. The first-order chi connectivity index (χ1) is 5.66. The molecule has 0 radical (unpaired) electrons. The van der Waals surface area contributed by atoms with Gasteiger partial charge in [-0.1, -0.05) is 0 Å². The Bertz CT molecular complexity index is 227. The molecule has 0 aliphatic carbocycles. The molecule has 66 valence electrons. The summed E-state index contributed by atoms with van der Waals surface area (Å²) in [5.74, 6) is -0.300. The summed E-state index contributed by atoms with van der Waals surface area (Å²) in [5, 5.41) is 2.16. The second kappa shape index (κ2) is 3.34. The van der Waals surface area contributed by atoms with E-state index in [9.17, 15) is 14.4 Å². The van der Waals surface area contributed by atoms with Gasteiger partial charge in [-0.3, -0.25) is 10.1 Å². The summed E-state index contributed by atoms with van der Waals surface area (Å²) in [6.07, 6.45) is 0.994. The van der Waals surface area contributed by atoms with Crippen LogP contribution in [-0.4, -0.2) is 35.7 Å². The number of carbonyl (C=O) groups is 3. The van der Waals surface area contributed by atoms with Crippen molar-refractivity contribution in [1.29, 1.82) is 0 Å². The Morgan fingerprint density at radius 2 is 2.25 bits per heavy atom. The average molecular weight is 170 g/mol. The highest BCUT2D eigenvalue weighted by molar-refractivity contribution is 6.03. The summed E-state index contributed by atoms with van der Waals surface area (Å²) in [5.41, 5.74) is 0. The van der Waals surface area contributed by atoms with Crippen LogP contribution in [0.25, 0.3) is 0 Å². The molecule has 3 amide bonds. The van der Waals surface area contributed by atoms with Crippen molar-refractivity contribution in [2.75, 3.05) is 6.54 Å². The van der Waals surface area contributed by atoms with E-state index >= 15 is 0 Å². The Balaban J connectivity index is 2.57. The van der Waals surface area contributed by atoms with Gasteiger partial charge in [-0.05, 0) is 6.92 Å². The topological polar surface area (TPSA) is 66.5 Å². The van der Waals surface area contributed by atoms with Crippen LogP contribution in [-0.2, 0) is 9.59 Å². The normalized spacial score (nSPS) is 22.8. The van der Waals surface area contributed by atoms with E-state index in [0.717, 1.165) is 6.29 Å². The van der Waals surface area contributed by atoms with E-state index < -0.39 is 12.1 Å². The fraction of sp³-hybridized carbons (Fsp3) is 0.571. The molecule has 1 rings (SSSR count). The van der Waals surface area contributed by atoms with Gasteiger partial charge in [0.2, 0.25) is 0 Å². The van der Waals surface area contributed by atoms with Crippen LogP contribution in [0.5, 0.6) is 0 Å². The molecule has 0 saturated carbocycles. The van der Waals surface area contributed by atoms with Crippen molar-refractivity contribution in [2.45, 2.75) is 19.4 Å². The lowest BCUT2D eigenvalue weighted by Gasteiger charge is -2.16. The van der Waals surface area contributed by atoms with E-state index in [4.69, 9.17) is 0 Å². The second-order valence-electron chi connectivity index (χ2n) is 2.62. The number of hydrogen-bond acceptors (Lipinski definition) is 3. The molecule has 1 saturated heterocycles. The van der Waals surface area contributed by atoms with E-state index in [1.54, 1.807) is 6.92 Å². The predicted octanol–water partition coefficient (Wildman–Crippen LogP) is -0.484. The Labute approximate surface area is 69.7 Å². The maximum Gasteiger partial charge on any atom is 0.324 e. The Hall–Kier alpha value is -1.39. The van der Waals surface area contributed by atoms with Gasteiger partial charge in [-0.25, -0.2) is 4.79 Å². The minimum absolute atomic E-state index is 0.269. The van der Waals surface area contributed by atoms with Gasteiger partial charge in [0.05, 0.1) is 0 Å². The van der Waals surface area contributed by atoms with Gasteiger partial charge in [0.1, 0.15) is 12.3 Å². The lowest BCUT2D eigenvalue weighted by molar-refractivity contribution is -0.121. The van der Waals surface area contributed by atoms with Gasteiger partial charge in [0, 0.05) is 13.0 Å². The van der Waals surface area contributed by atoms with Crippen molar-refractivity contribution in [3.05, 3.63) is 0 Å². The van der Waals surface area contributed by atoms with Crippen LogP contribution < -0.4 is 5.32 Å². The standard InChI is InChI=1S/C7H10N2O3/c1-5-6(11)8-7(12)9(5)3-2-4-10/h4-5H,2-3H2,1H3,(H,8,11,12). The van der Waals surface area contributed by atoms with Gasteiger partial charge >= 0.3 is 6.03 Å². The summed E-state index contributed by atoms with van der Waals surface area (Å²) in [6.45, 7) is 1.94. The van der Waals surface area contributed by atoms with E-state index in [2.05, 4.69) is 5.32 Å². The van der Waals surface area contributed by atoms with E-state index in [1.807, 2.05) is 0 Å². The number of carbonyl (C=O) groups excluding carboxylic acids is 3. The van der Waals surface area contributed by atoms with Crippen molar-refractivity contribution in [2.24, 2.45) is 0 Å². The zero-order valence-electron chi connectivity index (χ0n) is 6.74. The van der Waals surface area contributed by atoms with Crippen molar-refractivity contribution >= 4 is 18.2 Å². The highest BCUT2D eigenvalue weighted by atomic mass is 16.2. The molecule has 1 fully saturated rings. The number of nitrogens with one attached hydrogen (secondary N) is 1. The summed E-state index contributed by atoms with van der Waals surface area (Å²) in [7, 11) is 0. The van der Waals surface area contributed by atoms with Gasteiger partial charge < -0.3 is 9.69 Å². The fourth-order valence-corrected chi connectivity index (χ4v) is 1.09. The molecule has 1 aliphatic rings. The van der Waals surface area contributed by atoms with Gasteiger partial charge in [0.15, 0.2) is 0 Å². The molecule has 5 nitrogen and oxygen atoms in total. The highest BCUT2D eigenvalue weighted by Gasteiger charge is 2.33. The molecule has 1 N–H and O–H groups in total. The van der Waals surface area contributed by atoms with Gasteiger partial charge in [-0.2, -0.15) is 0 Å². The second-order valence-corrected chi connectivity index (χ2v) is 2.62. The van der Waals surface area contributed by atoms with Crippen LogP contribution in [0, 0.1) is 0 Å². The molecule has 0 spiro atoms. The molecule has 5 heteroatoms. The zero-order valence-corrected chi connectivity index (χ0v) is 6.74. The van der Waals surface area contributed by atoms with Crippen LogP contribution in [0.3, 0.4) is 0 Å². The molecular formula is C7H10N2O3. The summed E-state index contributed by atoms with van der Waals surface area (Å²) < 4.78 is 0. The largest absolute Gasteiger partial charge is 0.324 e. The SMILES string of the molecule is CC1C(=O)NC(=O)N1CCC=O. The van der Waals surface area contributed by atoms with Crippen molar-refractivity contribution in [3.8, 4) is 0 Å². The molecule has 0 aromatic carbocycles. The quantitative estimate of drug-likeness (QED) is 0.459. The van der Waals surface area contributed by atoms with Crippen LogP contribution in [0.2, 0.25) is 0 Å². The zero-order chi connectivity index (χ0) is 9.14. The highest BCUT2D eigenvalue weighted by Crippen LogP contribution is 2.07. The van der Waals surface area contributed by atoms with E-state index in [0.29, 0.717) is 6.54 Å². The first-order valence-electron chi connectivity index (χ1n) is 3.72. The molecule has 1 aliphatic heterocycles. The molecule has 1 atom stereocenters. The molecule has 0 aromatic heterocycles. The molecule has 0 aromatic rings. The van der Waals surface area contributed by atoms with Crippen LogP contribution in [0.15, 0.2) is 0 Å². The number of aldehydes is 1. The van der Waals surface area contributed by atoms with Gasteiger partial charge in [-0.15, -0.1) is 0 Å². The van der Waals surface area contributed by atoms with Crippen LogP contribution >= 0.6 is 0 Å². The average Bonchev–Trinajstić information content (AvgIpc) is 2.25. The monoisotopic (exact) mass is 170 g/mol. The molecule has 1 unspecified atom stereocenters. The first kappa shape index (κ1) is 8.70. The van der Waals surface area contributed by atoms with Crippen LogP contribution in [0.1, 0.15) is 13.3 Å². The Kier molecular flexibility index (Phi) is 2.42. The van der Waals surface area contributed by atoms with Crippen molar-refractivity contribution < 1.29 is 14.4 Å². The third-order valence-corrected chi connectivity index (χ3v) is 1.83. The first-order valence-corrected chi connectivity index (χ1v) is 3.72. The minimum atomic E-state index is -0.447. The van der Waals surface area contributed by atoms with E-state index in [-0.39, 0.29) is 12.3 Å². The third kappa shape index (κ3) is 1.44. The molecular weight excluding hydrogens is 160 g/mol. The predicted molar refractivity (Wildman–Crippen MR) is 40.4 cm³/mol. The number of rotatable bonds is 3. The number of amides is 3. The van der Waals surface area contributed by atoms with Crippen molar-refractivity contribution in [3.63, 3.8) is 0 Å². The van der Waals surface area contributed by atoms with Crippen LogP contribution in [0.4, 0.5) is 4.79 Å². The summed E-state index contributed by atoms with van der Waals surface area (Å²) in [6, 6.07) is -0.855. The Morgan fingerprint density at radius 1 is 1.58 bits per heavy atom. The number of urea groups is 1. The number of hydrogen-bond donors (Lipinski definition) is 1. The van der Waals surface area contributed by atoms with Crippen molar-refractivity contribution in [1.82, 2.24) is 10.2 Å². The van der Waals surface area contributed by atoms with Gasteiger partial charge in [0.25, 0.3) is 5.91 Å². The smallest absolute Gasteiger partial charge is 0.312 e. The summed E-state index contributed by atoms with van der Waals surface area (Å²) >= 11 is 0. The lowest BCUT2D eigenvalue weighted by atomic mass is 10.3. The number of nitrogens with zero attached hydrogens (tertiary/aromatic N) is 1.